The van der Waals surface area contributed by atoms with Crippen molar-refractivity contribution >= 4 is 29.1 Å². The summed E-state index contributed by atoms with van der Waals surface area (Å²) < 4.78 is 1.76. The molecule has 5 nitrogen and oxygen atoms in total. The van der Waals surface area contributed by atoms with Crippen molar-refractivity contribution in [3.05, 3.63) is 45.2 Å². The van der Waals surface area contributed by atoms with Crippen molar-refractivity contribution in [1.29, 1.82) is 0 Å². The lowest BCUT2D eigenvalue weighted by atomic mass is 10.1. The molecule has 0 saturated carbocycles. The molecule has 1 aromatic heterocycles. The Labute approximate surface area is 152 Å². The summed E-state index contributed by atoms with van der Waals surface area (Å²) in [4.78, 5) is 12.1. The van der Waals surface area contributed by atoms with Gasteiger partial charge in [-0.3, -0.25) is 4.79 Å². The standard InChI is InChI=1S/C17H22Cl2N4O/c1-11-14(10-17(24)21-8-4-7-20-3)12(2)23(22-11)16-6-5-13(18)9-15(16)19/h5-6,9,20H,4,7-8,10H2,1-3H3,(H,21,24). The Morgan fingerprint density at radius 2 is 2.00 bits per heavy atom. The van der Waals surface area contributed by atoms with Crippen molar-refractivity contribution in [1.82, 2.24) is 20.4 Å². The van der Waals surface area contributed by atoms with E-state index in [9.17, 15) is 4.79 Å². The van der Waals surface area contributed by atoms with E-state index in [1.807, 2.05) is 27.0 Å². The number of benzene rings is 1. The van der Waals surface area contributed by atoms with Gasteiger partial charge in [-0.2, -0.15) is 5.10 Å². The van der Waals surface area contributed by atoms with Crippen LogP contribution in [0.3, 0.4) is 0 Å². The molecule has 2 rings (SSSR count). The van der Waals surface area contributed by atoms with Gasteiger partial charge in [0.05, 0.1) is 22.8 Å². The predicted molar refractivity (Wildman–Crippen MR) is 98.3 cm³/mol. The van der Waals surface area contributed by atoms with Gasteiger partial charge >= 0.3 is 0 Å². The Balaban J connectivity index is 2.15. The summed E-state index contributed by atoms with van der Waals surface area (Å²) in [5, 5.41) is 11.6. The normalized spacial score (nSPS) is 10.9. The molecule has 0 fully saturated rings. The lowest BCUT2D eigenvalue weighted by Gasteiger charge is -2.08. The van der Waals surface area contributed by atoms with E-state index in [1.165, 1.54) is 0 Å². The second-order valence-electron chi connectivity index (χ2n) is 5.64. The predicted octanol–water partition coefficient (Wildman–Crippen LogP) is 3.06. The van der Waals surface area contributed by atoms with Gasteiger partial charge in [-0.05, 0) is 52.1 Å². The molecule has 0 saturated heterocycles. The molecule has 7 heteroatoms. The van der Waals surface area contributed by atoms with E-state index >= 15 is 0 Å². The van der Waals surface area contributed by atoms with Crippen molar-refractivity contribution in [2.24, 2.45) is 0 Å². The van der Waals surface area contributed by atoms with Gasteiger partial charge in [0.25, 0.3) is 0 Å². The Hall–Kier alpha value is -1.56. The molecule has 0 unspecified atom stereocenters. The molecule has 1 heterocycles. The number of nitrogens with zero attached hydrogens (tertiary/aromatic N) is 2. The monoisotopic (exact) mass is 368 g/mol. The summed E-state index contributed by atoms with van der Waals surface area (Å²) in [5.41, 5.74) is 3.40. The van der Waals surface area contributed by atoms with Crippen molar-refractivity contribution in [2.45, 2.75) is 26.7 Å². The summed E-state index contributed by atoms with van der Waals surface area (Å²) in [6, 6.07) is 5.28. The Morgan fingerprint density at radius 3 is 2.67 bits per heavy atom. The lowest BCUT2D eigenvalue weighted by molar-refractivity contribution is -0.120. The highest BCUT2D eigenvalue weighted by molar-refractivity contribution is 6.35. The third kappa shape index (κ3) is 4.50. The highest BCUT2D eigenvalue weighted by Gasteiger charge is 2.17. The van der Waals surface area contributed by atoms with Crippen molar-refractivity contribution < 1.29 is 4.79 Å². The van der Waals surface area contributed by atoms with Crippen LogP contribution in [0.1, 0.15) is 23.4 Å². The van der Waals surface area contributed by atoms with E-state index in [-0.39, 0.29) is 5.91 Å². The summed E-state index contributed by atoms with van der Waals surface area (Å²) >= 11 is 12.2. The largest absolute Gasteiger partial charge is 0.356 e. The molecule has 0 aliphatic carbocycles. The van der Waals surface area contributed by atoms with Crippen LogP contribution in [0, 0.1) is 13.8 Å². The quantitative estimate of drug-likeness (QED) is 0.738. The molecule has 24 heavy (non-hydrogen) atoms. The van der Waals surface area contributed by atoms with E-state index < -0.39 is 0 Å². The average Bonchev–Trinajstić information content (AvgIpc) is 2.80. The summed E-state index contributed by atoms with van der Waals surface area (Å²) in [5.74, 6) is -0.000874. The molecule has 0 aliphatic heterocycles. The second kappa shape index (κ2) is 8.51. The Bertz CT molecular complexity index is 728. The first-order valence-corrected chi connectivity index (χ1v) is 8.61. The molecule has 2 N–H and O–H groups in total. The molecule has 1 aromatic carbocycles. The van der Waals surface area contributed by atoms with Crippen LogP contribution >= 0.6 is 23.2 Å². The number of amides is 1. The fraction of sp³-hybridized carbons (Fsp3) is 0.412. The third-order valence-electron chi connectivity index (χ3n) is 3.84. The van der Waals surface area contributed by atoms with Gasteiger partial charge in [-0.1, -0.05) is 23.2 Å². The van der Waals surface area contributed by atoms with Gasteiger partial charge in [0.1, 0.15) is 0 Å². The molecule has 0 atom stereocenters. The summed E-state index contributed by atoms with van der Waals surface area (Å²) in [7, 11) is 1.89. The highest BCUT2D eigenvalue weighted by atomic mass is 35.5. The number of nitrogens with one attached hydrogen (secondary N) is 2. The summed E-state index contributed by atoms with van der Waals surface area (Å²) in [6.45, 7) is 5.38. The molecule has 0 bridgehead atoms. The van der Waals surface area contributed by atoms with Crippen LogP contribution in [0.2, 0.25) is 10.0 Å². The number of rotatable bonds is 7. The number of aromatic nitrogens is 2. The molecule has 0 aliphatic rings. The van der Waals surface area contributed by atoms with Crippen molar-refractivity contribution in [3.8, 4) is 5.69 Å². The SMILES string of the molecule is CNCCCNC(=O)Cc1c(C)nn(-c2ccc(Cl)cc2Cl)c1C. The number of hydrogen-bond donors (Lipinski definition) is 2. The van der Waals surface area contributed by atoms with Crippen LogP contribution in [0.4, 0.5) is 0 Å². The number of carbonyl (C=O) groups is 1. The maximum Gasteiger partial charge on any atom is 0.224 e. The molecule has 130 valence electrons. The van der Waals surface area contributed by atoms with Crippen molar-refractivity contribution in [3.63, 3.8) is 0 Å². The first kappa shape index (κ1) is 18.8. The molecule has 0 radical (unpaired) electrons. The maximum atomic E-state index is 12.1. The number of carbonyl (C=O) groups excluding carboxylic acids is 1. The first-order chi connectivity index (χ1) is 11.4. The minimum Gasteiger partial charge on any atom is -0.356 e. The van der Waals surface area contributed by atoms with E-state index in [0.29, 0.717) is 23.0 Å². The molecular formula is C17H22Cl2N4O. The van der Waals surface area contributed by atoms with Crippen LogP contribution in [0.25, 0.3) is 5.69 Å². The van der Waals surface area contributed by atoms with Crippen LogP contribution in [-0.2, 0) is 11.2 Å². The number of halogens is 2. The fourth-order valence-corrected chi connectivity index (χ4v) is 3.02. The average molecular weight is 369 g/mol. The zero-order valence-electron chi connectivity index (χ0n) is 14.1. The van der Waals surface area contributed by atoms with Gasteiger partial charge in [-0.25, -0.2) is 4.68 Å². The van der Waals surface area contributed by atoms with Crippen LogP contribution < -0.4 is 10.6 Å². The Kier molecular flexibility index (Phi) is 6.66. The first-order valence-electron chi connectivity index (χ1n) is 7.86. The van der Waals surface area contributed by atoms with Crippen LogP contribution in [-0.4, -0.2) is 35.8 Å². The van der Waals surface area contributed by atoms with Gasteiger partial charge in [0.15, 0.2) is 0 Å². The minimum atomic E-state index is -0.000874. The highest BCUT2D eigenvalue weighted by Crippen LogP contribution is 2.27. The van der Waals surface area contributed by atoms with Gasteiger partial charge in [-0.15, -0.1) is 0 Å². The smallest absolute Gasteiger partial charge is 0.224 e. The molecular weight excluding hydrogens is 347 g/mol. The number of hydrogen-bond acceptors (Lipinski definition) is 3. The topological polar surface area (TPSA) is 58.9 Å². The van der Waals surface area contributed by atoms with Crippen molar-refractivity contribution in [2.75, 3.05) is 20.1 Å². The Morgan fingerprint density at radius 1 is 1.25 bits per heavy atom. The van der Waals surface area contributed by atoms with Gasteiger partial charge < -0.3 is 10.6 Å². The lowest BCUT2D eigenvalue weighted by Crippen LogP contribution is -2.28. The van der Waals surface area contributed by atoms with E-state index in [1.54, 1.807) is 16.8 Å². The maximum absolute atomic E-state index is 12.1. The van der Waals surface area contributed by atoms with Gasteiger partial charge in [0, 0.05) is 22.8 Å². The summed E-state index contributed by atoms with van der Waals surface area (Å²) in [6.07, 6.45) is 1.21. The molecule has 0 spiro atoms. The zero-order chi connectivity index (χ0) is 17.7. The minimum absolute atomic E-state index is 0.000874. The van der Waals surface area contributed by atoms with Crippen LogP contribution in [0.5, 0.6) is 0 Å². The fourth-order valence-electron chi connectivity index (χ4n) is 2.53. The van der Waals surface area contributed by atoms with Crippen LogP contribution in [0.15, 0.2) is 18.2 Å². The number of aryl methyl sites for hydroxylation is 1. The zero-order valence-corrected chi connectivity index (χ0v) is 15.6. The molecule has 2 aromatic rings. The van der Waals surface area contributed by atoms with E-state index in [0.717, 1.165) is 35.6 Å². The van der Waals surface area contributed by atoms with E-state index in [2.05, 4.69) is 15.7 Å². The third-order valence-corrected chi connectivity index (χ3v) is 4.38. The second-order valence-corrected chi connectivity index (χ2v) is 6.48. The van der Waals surface area contributed by atoms with Gasteiger partial charge in [0.2, 0.25) is 5.91 Å². The molecule has 1 amide bonds. The van der Waals surface area contributed by atoms with E-state index in [4.69, 9.17) is 23.2 Å².